The normalized spacial score (nSPS) is 15.9. The lowest BCUT2D eigenvalue weighted by Gasteiger charge is -2.43. The molecule has 0 aliphatic carbocycles. The van der Waals surface area contributed by atoms with Gasteiger partial charge >= 0.3 is 62.8 Å². The van der Waals surface area contributed by atoms with Crippen molar-refractivity contribution in [3.05, 3.63) is 0 Å². The Balaban J connectivity index is 0. The van der Waals surface area contributed by atoms with Gasteiger partial charge in [-0.25, -0.2) is 4.39 Å². The Morgan fingerprint density at radius 3 is 0.917 bits per heavy atom. The molecule has 2 N–H and O–H groups in total. The van der Waals surface area contributed by atoms with Crippen LogP contribution < -0.4 is 5.32 Å². The van der Waals surface area contributed by atoms with E-state index >= 15 is 0 Å². The SMILES string of the molecule is CNC.O=S(=O)(O)C(F)(F)C(F)(F)C(F)(F)C(F)(F)C(F)(F)C(F)(F)C(F)(F)C(F)(F)C(F)(F)CF. The van der Waals surface area contributed by atoms with Crippen LogP contribution in [-0.2, 0) is 10.1 Å². The summed E-state index contributed by atoms with van der Waals surface area (Å²) in [5.41, 5.74) is 0. The average molecular weight is 609 g/mol. The highest BCUT2D eigenvalue weighted by atomic mass is 32.2. The van der Waals surface area contributed by atoms with Crippen LogP contribution in [0.4, 0.5) is 83.4 Å². The lowest BCUT2D eigenvalue weighted by molar-refractivity contribution is -0.459. The van der Waals surface area contributed by atoms with Gasteiger partial charge in [-0.15, -0.1) is 0 Å². The average Bonchev–Trinajstić information content (AvgIpc) is 2.66. The summed E-state index contributed by atoms with van der Waals surface area (Å²) in [7, 11) is -4.25. The summed E-state index contributed by atoms with van der Waals surface area (Å²) in [6.45, 7) is -4.09. The third-order valence-electron chi connectivity index (χ3n) is 3.68. The van der Waals surface area contributed by atoms with Gasteiger partial charge in [-0.1, -0.05) is 0 Å². The molecule has 0 spiro atoms. The van der Waals surface area contributed by atoms with E-state index in [-0.39, 0.29) is 0 Å². The van der Waals surface area contributed by atoms with Crippen LogP contribution in [0.15, 0.2) is 0 Å². The minimum atomic E-state index is -9.11. The van der Waals surface area contributed by atoms with E-state index < -0.39 is 69.4 Å². The zero-order valence-corrected chi connectivity index (χ0v) is 17.4. The second-order valence-corrected chi connectivity index (χ2v) is 7.81. The summed E-state index contributed by atoms with van der Waals surface area (Å²) in [6, 6.07) is 0. The largest absolute Gasteiger partial charge is 0.438 e. The molecule has 0 atom stereocenters. The van der Waals surface area contributed by atoms with Crippen molar-refractivity contribution in [3.8, 4) is 0 Å². The number of nitrogens with one attached hydrogen (secondary N) is 1. The zero-order chi connectivity index (χ0) is 30.4. The van der Waals surface area contributed by atoms with Crippen molar-refractivity contribution in [2.75, 3.05) is 20.8 Å². The van der Waals surface area contributed by atoms with Crippen molar-refractivity contribution in [2.24, 2.45) is 0 Å². The maximum absolute atomic E-state index is 13.3. The quantitative estimate of drug-likeness (QED) is 0.259. The molecule has 0 fully saturated rings. The maximum atomic E-state index is 13.3. The lowest BCUT2D eigenvalue weighted by Crippen LogP contribution is -2.76. The number of rotatable bonds is 10. The van der Waals surface area contributed by atoms with Gasteiger partial charge in [0.15, 0.2) is 6.67 Å². The van der Waals surface area contributed by atoms with Gasteiger partial charge in [0.1, 0.15) is 0 Å². The van der Waals surface area contributed by atoms with Crippen molar-refractivity contribution in [3.63, 3.8) is 0 Å². The van der Waals surface area contributed by atoms with Crippen molar-refractivity contribution in [2.45, 2.75) is 52.6 Å². The highest BCUT2D eigenvalue weighted by Gasteiger charge is 2.97. The molecule has 0 aromatic carbocycles. The summed E-state index contributed by atoms with van der Waals surface area (Å²) in [4.78, 5) is 0. The smallest absolute Gasteiger partial charge is 0.323 e. The van der Waals surface area contributed by atoms with E-state index in [1.165, 1.54) is 0 Å². The second-order valence-electron chi connectivity index (χ2n) is 6.35. The highest BCUT2D eigenvalue weighted by Crippen LogP contribution is 2.65. The molecular weight excluding hydrogens is 599 g/mol. The van der Waals surface area contributed by atoms with Gasteiger partial charge in [-0.05, 0) is 14.1 Å². The number of alkyl halides is 19. The molecule has 4 nitrogen and oxygen atoms in total. The Kier molecular flexibility index (Phi) is 9.88. The lowest BCUT2D eigenvalue weighted by atomic mass is 9.87. The van der Waals surface area contributed by atoms with Gasteiger partial charge in [0.2, 0.25) is 0 Å². The van der Waals surface area contributed by atoms with Crippen molar-refractivity contribution in [1.29, 1.82) is 0 Å². The van der Waals surface area contributed by atoms with Crippen LogP contribution in [-0.4, -0.2) is 86.4 Å². The van der Waals surface area contributed by atoms with Crippen LogP contribution in [0.5, 0.6) is 0 Å². The van der Waals surface area contributed by atoms with Crippen molar-refractivity contribution >= 4 is 10.1 Å². The van der Waals surface area contributed by atoms with E-state index in [1.807, 2.05) is 14.1 Å². The predicted molar refractivity (Wildman–Crippen MR) is 77.0 cm³/mol. The van der Waals surface area contributed by atoms with Gasteiger partial charge in [-0.3, -0.25) is 4.55 Å². The van der Waals surface area contributed by atoms with E-state index in [9.17, 15) is 91.8 Å². The molecule has 0 bridgehead atoms. The maximum Gasteiger partial charge on any atom is 0.438 e. The van der Waals surface area contributed by atoms with Crippen LogP contribution in [0.2, 0.25) is 0 Å². The van der Waals surface area contributed by atoms with Gasteiger partial charge in [0, 0.05) is 0 Å². The summed E-state index contributed by atoms with van der Waals surface area (Å²) in [5.74, 6) is -68.7. The Labute approximate surface area is 186 Å². The van der Waals surface area contributed by atoms with Crippen LogP contribution in [0.3, 0.4) is 0 Å². The fraction of sp³-hybridized carbons (Fsp3) is 1.00. The first-order chi connectivity index (χ1) is 15.2. The molecule has 0 heterocycles. The molecular formula is C12H10F19NO3S. The van der Waals surface area contributed by atoms with E-state index in [0.29, 0.717) is 0 Å². The van der Waals surface area contributed by atoms with E-state index in [4.69, 9.17) is 4.55 Å². The van der Waals surface area contributed by atoms with Crippen LogP contribution in [0.1, 0.15) is 0 Å². The van der Waals surface area contributed by atoms with Gasteiger partial charge in [0.25, 0.3) is 0 Å². The summed E-state index contributed by atoms with van der Waals surface area (Å²) in [5, 5.41) is -5.20. The topological polar surface area (TPSA) is 66.4 Å². The molecule has 0 amide bonds. The minimum Gasteiger partial charge on any atom is -0.323 e. The fourth-order valence-corrected chi connectivity index (χ4v) is 2.10. The molecule has 0 aromatic rings. The summed E-state index contributed by atoms with van der Waals surface area (Å²) in [6.07, 6.45) is 0. The highest BCUT2D eigenvalue weighted by molar-refractivity contribution is 7.87. The molecule has 0 rings (SSSR count). The predicted octanol–water partition coefficient (Wildman–Crippen LogP) is 5.35. The Hall–Kier alpha value is -1.46. The molecule has 36 heavy (non-hydrogen) atoms. The van der Waals surface area contributed by atoms with Crippen molar-refractivity contribution < 1.29 is 96.4 Å². The van der Waals surface area contributed by atoms with Crippen LogP contribution >= 0.6 is 0 Å². The Morgan fingerprint density at radius 1 is 0.528 bits per heavy atom. The molecule has 0 aromatic heterocycles. The van der Waals surface area contributed by atoms with Crippen molar-refractivity contribution in [1.82, 2.24) is 5.32 Å². The third kappa shape index (κ3) is 4.75. The van der Waals surface area contributed by atoms with Gasteiger partial charge in [0.05, 0.1) is 0 Å². The first-order valence-electron chi connectivity index (χ1n) is 7.74. The molecule has 0 saturated carbocycles. The number of halogens is 19. The van der Waals surface area contributed by atoms with Gasteiger partial charge < -0.3 is 5.32 Å². The Bertz CT molecular complexity index is 869. The molecule has 0 aliphatic heterocycles. The third-order valence-corrected chi connectivity index (χ3v) is 4.59. The number of hydrogen-bond donors (Lipinski definition) is 2. The van der Waals surface area contributed by atoms with E-state index in [1.54, 1.807) is 0 Å². The van der Waals surface area contributed by atoms with E-state index in [2.05, 4.69) is 5.32 Å². The summed E-state index contributed by atoms with van der Waals surface area (Å²) < 4.78 is 274. The second kappa shape index (κ2) is 9.69. The Morgan fingerprint density at radius 2 is 0.722 bits per heavy atom. The number of hydrogen-bond acceptors (Lipinski definition) is 3. The fourth-order valence-electron chi connectivity index (χ4n) is 1.64. The zero-order valence-electron chi connectivity index (χ0n) is 16.6. The first-order valence-corrected chi connectivity index (χ1v) is 9.18. The molecule has 0 unspecified atom stereocenters. The van der Waals surface area contributed by atoms with Crippen LogP contribution in [0.25, 0.3) is 0 Å². The monoisotopic (exact) mass is 609 g/mol. The van der Waals surface area contributed by atoms with Crippen LogP contribution in [0, 0.1) is 0 Å². The molecule has 220 valence electrons. The molecule has 0 saturated heterocycles. The standard InChI is InChI=1S/C10H3F19O3S.C2H7N/c11-1-2(12,13)3(14,15)4(16,17)5(18,19)6(20,21)7(22,23)8(24,25)9(26,27)10(28,29)33(30,31)32;1-3-2/h1H2,(H,30,31,32);3H,1-2H3. The summed E-state index contributed by atoms with van der Waals surface area (Å²) >= 11 is 0. The molecule has 0 radical (unpaired) electrons. The molecule has 24 heteroatoms. The van der Waals surface area contributed by atoms with Gasteiger partial charge in [-0.2, -0.15) is 87.4 Å². The van der Waals surface area contributed by atoms with E-state index in [0.717, 1.165) is 0 Å². The minimum absolute atomic E-state index is 1.88. The molecule has 0 aliphatic rings. The first kappa shape index (κ1) is 36.7.